The Kier molecular flexibility index (Phi) is 6.97. The van der Waals surface area contributed by atoms with Gasteiger partial charge in [0, 0.05) is 12.1 Å². The first kappa shape index (κ1) is 19.7. The van der Waals surface area contributed by atoms with Gasteiger partial charge in [0.1, 0.15) is 5.01 Å². The van der Waals surface area contributed by atoms with E-state index in [0.29, 0.717) is 28.8 Å². The number of aromatic carboxylic acids is 1. The van der Waals surface area contributed by atoms with Crippen LogP contribution < -0.4 is 19.9 Å². The molecule has 1 amide bonds. The van der Waals surface area contributed by atoms with Gasteiger partial charge in [-0.15, -0.1) is 11.3 Å². The van der Waals surface area contributed by atoms with Crippen LogP contribution in [0.15, 0.2) is 18.2 Å². The van der Waals surface area contributed by atoms with E-state index in [0.717, 1.165) is 23.3 Å². The van der Waals surface area contributed by atoms with Crippen molar-refractivity contribution in [3.05, 3.63) is 39.3 Å². The summed E-state index contributed by atoms with van der Waals surface area (Å²) in [6, 6.07) is 5.49. The van der Waals surface area contributed by atoms with Crippen molar-refractivity contribution in [3.63, 3.8) is 0 Å². The summed E-state index contributed by atoms with van der Waals surface area (Å²) in [6.07, 6.45) is 0.863. The lowest BCUT2D eigenvalue weighted by atomic mass is 10.1. The Morgan fingerprint density at radius 1 is 1.35 bits per heavy atom. The van der Waals surface area contributed by atoms with Gasteiger partial charge < -0.3 is 24.7 Å². The Hall–Kier alpha value is -2.61. The predicted octanol–water partition coefficient (Wildman–Crippen LogP) is 1.47. The minimum absolute atomic E-state index is 0.00784. The number of carbonyl (C=O) groups is 2. The number of methoxy groups -OCH3 is 1. The number of carboxylic acids is 1. The molecule has 0 saturated heterocycles. The highest BCUT2D eigenvalue weighted by Gasteiger charge is 2.14. The van der Waals surface area contributed by atoms with Crippen LogP contribution in [0.4, 0.5) is 0 Å². The van der Waals surface area contributed by atoms with Crippen LogP contribution in [0.1, 0.15) is 39.3 Å². The SMILES string of the molecule is CCCOc1c(CNC(=O)Cc2nc(C)c(C(=O)[O-])s2)cccc1OC. The van der Waals surface area contributed by atoms with Gasteiger partial charge >= 0.3 is 0 Å². The highest BCUT2D eigenvalue weighted by atomic mass is 32.1. The molecule has 1 aromatic heterocycles. The van der Waals surface area contributed by atoms with Crippen molar-refractivity contribution < 1.29 is 24.2 Å². The van der Waals surface area contributed by atoms with Gasteiger partial charge in [-0.3, -0.25) is 4.79 Å². The first-order valence-corrected chi connectivity index (χ1v) is 9.00. The Balaban J connectivity index is 2.03. The molecule has 8 heteroatoms. The van der Waals surface area contributed by atoms with E-state index in [2.05, 4.69) is 10.3 Å². The zero-order valence-electron chi connectivity index (χ0n) is 15.0. The molecule has 7 nitrogen and oxygen atoms in total. The highest BCUT2D eigenvalue weighted by Crippen LogP contribution is 2.31. The molecule has 1 heterocycles. The smallest absolute Gasteiger partial charge is 0.227 e. The number of hydrogen-bond acceptors (Lipinski definition) is 7. The maximum atomic E-state index is 12.2. The molecule has 2 aromatic rings. The number of benzene rings is 1. The summed E-state index contributed by atoms with van der Waals surface area (Å²) in [5.74, 6) is -0.311. The Morgan fingerprint density at radius 2 is 2.12 bits per heavy atom. The molecule has 0 atom stereocenters. The third kappa shape index (κ3) is 4.95. The summed E-state index contributed by atoms with van der Waals surface area (Å²) in [5.41, 5.74) is 1.16. The second kappa shape index (κ2) is 9.19. The molecule has 0 spiro atoms. The van der Waals surface area contributed by atoms with Crippen LogP contribution in [-0.2, 0) is 17.8 Å². The van der Waals surface area contributed by atoms with E-state index in [-0.39, 0.29) is 23.7 Å². The molecule has 2 rings (SSSR count). The van der Waals surface area contributed by atoms with Gasteiger partial charge in [0.25, 0.3) is 0 Å². The standard InChI is InChI=1S/C18H22N2O5S/c1-4-8-25-16-12(6-5-7-13(16)24-3)10-19-14(21)9-15-20-11(2)17(26-15)18(22)23/h5-7H,4,8-10H2,1-3H3,(H,19,21)(H,22,23)/p-1. The van der Waals surface area contributed by atoms with Crippen molar-refractivity contribution in [1.82, 2.24) is 10.3 Å². The van der Waals surface area contributed by atoms with Crippen LogP contribution in [0.2, 0.25) is 0 Å². The molecule has 0 unspecified atom stereocenters. The van der Waals surface area contributed by atoms with Crippen molar-refractivity contribution in [1.29, 1.82) is 0 Å². The summed E-state index contributed by atoms with van der Waals surface area (Å²) < 4.78 is 11.1. The van der Waals surface area contributed by atoms with Gasteiger partial charge in [-0.1, -0.05) is 19.1 Å². The number of carbonyl (C=O) groups excluding carboxylic acids is 2. The number of para-hydroxylation sites is 1. The minimum atomic E-state index is -1.28. The van der Waals surface area contributed by atoms with Crippen molar-refractivity contribution in [2.24, 2.45) is 0 Å². The molecule has 26 heavy (non-hydrogen) atoms. The lowest BCUT2D eigenvalue weighted by molar-refractivity contribution is -0.254. The van der Waals surface area contributed by atoms with E-state index in [9.17, 15) is 14.7 Å². The van der Waals surface area contributed by atoms with Gasteiger partial charge in [0.15, 0.2) is 11.5 Å². The van der Waals surface area contributed by atoms with Crippen molar-refractivity contribution in [3.8, 4) is 11.5 Å². The highest BCUT2D eigenvalue weighted by molar-refractivity contribution is 7.13. The first-order chi connectivity index (χ1) is 12.5. The van der Waals surface area contributed by atoms with Crippen LogP contribution in [-0.4, -0.2) is 30.6 Å². The monoisotopic (exact) mass is 377 g/mol. The van der Waals surface area contributed by atoms with Gasteiger partial charge in [0.05, 0.1) is 36.7 Å². The average Bonchev–Trinajstić information content (AvgIpc) is 2.98. The van der Waals surface area contributed by atoms with Gasteiger partial charge in [-0.05, 0) is 19.4 Å². The Bertz CT molecular complexity index is 788. The number of thiazole rings is 1. The topological polar surface area (TPSA) is 101 Å². The first-order valence-electron chi connectivity index (χ1n) is 8.19. The number of aromatic nitrogens is 1. The minimum Gasteiger partial charge on any atom is -0.544 e. The predicted molar refractivity (Wildman–Crippen MR) is 95.5 cm³/mol. The third-order valence-corrected chi connectivity index (χ3v) is 4.68. The Labute approximate surface area is 156 Å². The molecule has 0 aliphatic rings. The average molecular weight is 377 g/mol. The molecule has 1 aromatic carbocycles. The fourth-order valence-electron chi connectivity index (χ4n) is 2.34. The van der Waals surface area contributed by atoms with E-state index in [1.807, 2.05) is 19.1 Å². The van der Waals surface area contributed by atoms with E-state index in [1.54, 1.807) is 20.1 Å². The molecule has 0 aliphatic carbocycles. The van der Waals surface area contributed by atoms with Crippen LogP contribution in [0.25, 0.3) is 0 Å². The van der Waals surface area contributed by atoms with E-state index < -0.39 is 5.97 Å². The number of aryl methyl sites for hydroxylation is 1. The second-order valence-corrected chi connectivity index (χ2v) is 6.64. The lowest BCUT2D eigenvalue weighted by Crippen LogP contribution is -2.25. The third-order valence-electron chi connectivity index (χ3n) is 3.54. The van der Waals surface area contributed by atoms with Gasteiger partial charge in [-0.2, -0.15) is 0 Å². The van der Waals surface area contributed by atoms with Gasteiger partial charge in [-0.25, -0.2) is 4.98 Å². The zero-order valence-corrected chi connectivity index (χ0v) is 15.8. The summed E-state index contributed by atoms with van der Waals surface area (Å²) in [7, 11) is 1.57. The van der Waals surface area contributed by atoms with Crippen molar-refractivity contribution >= 4 is 23.2 Å². The van der Waals surface area contributed by atoms with Crippen LogP contribution in [0.3, 0.4) is 0 Å². The summed E-state index contributed by atoms with van der Waals surface area (Å²) in [4.78, 5) is 27.3. The summed E-state index contributed by atoms with van der Waals surface area (Å²) in [5, 5.41) is 14.2. The molecule has 0 saturated carbocycles. The molecule has 0 aliphatic heterocycles. The molecular weight excluding hydrogens is 356 g/mol. The van der Waals surface area contributed by atoms with Crippen molar-refractivity contribution in [2.45, 2.75) is 33.2 Å². The fraction of sp³-hybridized carbons (Fsp3) is 0.389. The van der Waals surface area contributed by atoms with E-state index >= 15 is 0 Å². The summed E-state index contributed by atoms with van der Waals surface area (Å²) >= 11 is 0.959. The second-order valence-electron chi connectivity index (χ2n) is 5.56. The molecule has 0 radical (unpaired) electrons. The normalized spacial score (nSPS) is 10.4. The number of ether oxygens (including phenoxy) is 2. The number of carboxylic acid groups (broad SMARTS) is 1. The lowest BCUT2D eigenvalue weighted by Gasteiger charge is -2.15. The largest absolute Gasteiger partial charge is 0.544 e. The van der Waals surface area contributed by atoms with Crippen LogP contribution in [0, 0.1) is 6.92 Å². The number of nitrogens with one attached hydrogen (secondary N) is 1. The zero-order chi connectivity index (χ0) is 19.1. The number of hydrogen-bond donors (Lipinski definition) is 1. The van der Waals surface area contributed by atoms with Crippen LogP contribution in [0.5, 0.6) is 11.5 Å². The van der Waals surface area contributed by atoms with E-state index in [4.69, 9.17) is 9.47 Å². The molecular formula is C18H21N2O5S-. The molecule has 1 N–H and O–H groups in total. The van der Waals surface area contributed by atoms with Crippen LogP contribution >= 0.6 is 11.3 Å². The number of rotatable bonds is 9. The number of nitrogens with zero attached hydrogens (tertiary/aromatic N) is 1. The van der Waals surface area contributed by atoms with E-state index in [1.165, 1.54) is 0 Å². The Morgan fingerprint density at radius 3 is 2.73 bits per heavy atom. The van der Waals surface area contributed by atoms with Gasteiger partial charge in [0.2, 0.25) is 5.91 Å². The fourth-order valence-corrected chi connectivity index (χ4v) is 3.24. The van der Waals surface area contributed by atoms with Crippen molar-refractivity contribution in [2.75, 3.05) is 13.7 Å². The molecule has 0 bridgehead atoms. The number of amides is 1. The molecule has 140 valence electrons. The molecule has 0 fully saturated rings. The summed E-state index contributed by atoms with van der Waals surface area (Å²) in [6.45, 7) is 4.41. The maximum Gasteiger partial charge on any atom is 0.227 e. The maximum absolute atomic E-state index is 12.2. The quantitative estimate of drug-likeness (QED) is 0.710.